The van der Waals surface area contributed by atoms with E-state index in [9.17, 15) is 4.79 Å². The lowest BCUT2D eigenvalue weighted by Gasteiger charge is -2.31. The lowest BCUT2D eigenvalue weighted by atomic mass is 9.90. The molecule has 0 spiro atoms. The summed E-state index contributed by atoms with van der Waals surface area (Å²) < 4.78 is 0. The van der Waals surface area contributed by atoms with Crippen LogP contribution in [0, 0.1) is 5.92 Å². The standard InChI is InChI=1S/C22H28N2O/c1-18(21-10-6-3-7-11-21)23-22(25)17-24-14-12-20(13-15-24)16-19-8-4-2-5-9-19/h2-11,18,20H,12-17H2,1H3,(H,23,25)/t18-/m1/s1. The Morgan fingerprint density at radius 3 is 2.28 bits per heavy atom. The minimum atomic E-state index is 0.0596. The molecule has 1 N–H and O–H groups in total. The van der Waals surface area contributed by atoms with Crippen molar-refractivity contribution < 1.29 is 4.79 Å². The fourth-order valence-electron chi connectivity index (χ4n) is 3.61. The first-order valence-corrected chi connectivity index (χ1v) is 9.31. The molecule has 1 atom stereocenters. The van der Waals surface area contributed by atoms with Crippen LogP contribution >= 0.6 is 0 Å². The predicted molar refractivity (Wildman–Crippen MR) is 102 cm³/mol. The number of rotatable bonds is 6. The smallest absolute Gasteiger partial charge is 0.234 e. The summed E-state index contributed by atoms with van der Waals surface area (Å²) in [5.41, 5.74) is 2.58. The normalized spacial score (nSPS) is 17.2. The van der Waals surface area contributed by atoms with Crippen LogP contribution in [-0.4, -0.2) is 30.4 Å². The predicted octanol–water partition coefficient (Wildman–Crippen LogP) is 3.82. The van der Waals surface area contributed by atoms with Crippen LogP contribution in [0.25, 0.3) is 0 Å². The maximum absolute atomic E-state index is 12.3. The van der Waals surface area contributed by atoms with Crippen LogP contribution in [0.15, 0.2) is 60.7 Å². The summed E-state index contributed by atoms with van der Waals surface area (Å²) in [7, 11) is 0. The molecule has 3 nitrogen and oxygen atoms in total. The SMILES string of the molecule is C[C@@H](NC(=O)CN1CCC(Cc2ccccc2)CC1)c1ccccc1. The molecular formula is C22H28N2O. The summed E-state index contributed by atoms with van der Waals surface area (Å²) in [5, 5.41) is 3.11. The quantitative estimate of drug-likeness (QED) is 0.870. The zero-order chi connectivity index (χ0) is 17.5. The van der Waals surface area contributed by atoms with Gasteiger partial charge >= 0.3 is 0 Å². The molecule has 0 saturated carbocycles. The van der Waals surface area contributed by atoms with Gasteiger partial charge in [-0.2, -0.15) is 0 Å². The average molecular weight is 336 g/mol. The maximum atomic E-state index is 12.3. The van der Waals surface area contributed by atoms with E-state index in [4.69, 9.17) is 0 Å². The van der Waals surface area contributed by atoms with Gasteiger partial charge in [0.15, 0.2) is 0 Å². The van der Waals surface area contributed by atoms with Crippen molar-refractivity contribution in [3.8, 4) is 0 Å². The lowest BCUT2D eigenvalue weighted by Crippen LogP contribution is -2.42. The second-order valence-corrected chi connectivity index (χ2v) is 7.11. The van der Waals surface area contributed by atoms with Crippen LogP contribution < -0.4 is 5.32 Å². The Labute approximate surface area is 151 Å². The molecule has 1 aliphatic heterocycles. The molecular weight excluding hydrogens is 308 g/mol. The van der Waals surface area contributed by atoms with Gasteiger partial charge in [0.1, 0.15) is 0 Å². The highest BCUT2D eigenvalue weighted by atomic mass is 16.2. The molecule has 2 aromatic rings. The summed E-state index contributed by atoms with van der Waals surface area (Å²) in [6.45, 7) is 4.59. The number of hydrogen-bond acceptors (Lipinski definition) is 2. The molecule has 0 radical (unpaired) electrons. The van der Waals surface area contributed by atoms with Crippen LogP contribution in [0.5, 0.6) is 0 Å². The van der Waals surface area contributed by atoms with Gasteiger partial charge in [-0.25, -0.2) is 0 Å². The highest BCUT2D eigenvalue weighted by molar-refractivity contribution is 5.78. The monoisotopic (exact) mass is 336 g/mol. The number of likely N-dealkylation sites (tertiary alicyclic amines) is 1. The van der Waals surface area contributed by atoms with E-state index in [0.717, 1.165) is 31.0 Å². The highest BCUT2D eigenvalue weighted by Gasteiger charge is 2.21. The van der Waals surface area contributed by atoms with E-state index in [-0.39, 0.29) is 11.9 Å². The first kappa shape index (κ1) is 17.7. The summed E-state index contributed by atoms with van der Waals surface area (Å²) in [6, 6.07) is 20.9. The molecule has 1 fully saturated rings. The maximum Gasteiger partial charge on any atom is 0.234 e. The van der Waals surface area contributed by atoms with Gasteiger partial charge in [0.25, 0.3) is 0 Å². The van der Waals surface area contributed by atoms with Crippen molar-refractivity contribution in [2.45, 2.75) is 32.2 Å². The molecule has 25 heavy (non-hydrogen) atoms. The Morgan fingerprint density at radius 1 is 1.04 bits per heavy atom. The number of benzene rings is 2. The van der Waals surface area contributed by atoms with E-state index < -0.39 is 0 Å². The van der Waals surface area contributed by atoms with Gasteiger partial charge < -0.3 is 5.32 Å². The third kappa shape index (κ3) is 5.43. The molecule has 3 rings (SSSR count). The Hall–Kier alpha value is -2.13. The summed E-state index contributed by atoms with van der Waals surface area (Å²) in [4.78, 5) is 14.6. The van der Waals surface area contributed by atoms with Crippen LogP contribution in [-0.2, 0) is 11.2 Å². The lowest BCUT2D eigenvalue weighted by molar-refractivity contribution is -0.123. The van der Waals surface area contributed by atoms with Gasteiger partial charge in [-0.15, -0.1) is 0 Å². The van der Waals surface area contributed by atoms with E-state index in [1.165, 1.54) is 18.4 Å². The number of carbonyl (C=O) groups excluding carboxylic acids is 1. The van der Waals surface area contributed by atoms with Crippen molar-refractivity contribution in [3.63, 3.8) is 0 Å². The first-order valence-electron chi connectivity index (χ1n) is 9.31. The Bertz CT molecular complexity index is 648. The number of nitrogens with one attached hydrogen (secondary N) is 1. The third-order valence-electron chi connectivity index (χ3n) is 5.12. The summed E-state index contributed by atoms with van der Waals surface area (Å²) in [6.07, 6.45) is 3.51. The molecule has 1 heterocycles. The van der Waals surface area contributed by atoms with Gasteiger partial charge in [-0.1, -0.05) is 60.7 Å². The van der Waals surface area contributed by atoms with Crippen molar-refractivity contribution >= 4 is 5.91 Å². The Kier molecular flexibility index (Phi) is 6.24. The molecule has 1 saturated heterocycles. The molecule has 132 valence electrons. The molecule has 0 bridgehead atoms. The second kappa shape index (κ2) is 8.82. The van der Waals surface area contributed by atoms with Crippen LogP contribution in [0.2, 0.25) is 0 Å². The van der Waals surface area contributed by atoms with Gasteiger partial charge in [-0.05, 0) is 56.3 Å². The minimum absolute atomic E-state index is 0.0596. The fourth-order valence-corrected chi connectivity index (χ4v) is 3.61. The minimum Gasteiger partial charge on any atom is -0.348 e. The molecule has 1 aliphatic rings. The van der Waals surface area contributed by atoms with Crippen molar-refractivity contribution in [1.29, 1.82) is 0 Å². The molecule has 1 amide bonds. The van der Waals surface area contributed by atoms with Crippen LogP contribution in [0.4, 0.5) is 0 Å². The number of nitrogens with zero attached hydrogens (tertiary/aromatic N) is 1. The van der Waals surface area contributed by atoms with Crippen molar-refractivity contribution in [1.82, 2.24) is 10.2 Å². The van der Waals surface area contributed by atoms with Gasteiger partial charge in [-0.3, -0.25) is 9.69 Å². The first-order chi connectivity index (χ1) is 12.2. The van der Waals surface area contributed by atoms with Crippen molar-refractivity contribution in [2.24, 2.45) is 5.92 Å². The van der Waals surface area contributed by atoms with Gasteiger partial charge in [0, 0.05) is 0 Å². The molecule has 0 aromatic heterocycles. The molecule has 0 unspecified atom stereocenters. The Morgan fingerprint density at radius 2 is 1.64 bits per heavy atom. The molecule has 3 heteroatoms. The van der Waals surface area contributed by atoms with Crippen molar-refractivity contribution in [2.75, 3.05) is 19.6 Å². The molecule has 2 aromatic carbocycles. The van der Waals surface area contributed by atoms with E-state index in [0.29, 0.717) is 6.54 Å². The number of amides is 1. The van der Waals surface area contributed by atoms with E-state index in [1.54, 1.807) is 0 Å². The largest absolute Gasteiger partial charge is 0.348 e. The van der Waals surface area contributed by atoms with Crippen molar-refractivity contribution in [3.05, 3.63) is 71.8 Å². The topological polar surface area (TPSA) is 32.3 Å². The summed E-state index contributed by atoms with van der Waals surface area (Å²) in [5.74, 6) is 0.864. The summed E-state index contributed by atoms with van der Waals surface area (Å²) >= 11 is 0. The highest BCUT2D eigenvalue weighted by Crippen LogP contribution is 2.21. The number of hydrogen-bond donors (Lipinski definition) is 1. The second-order valence-electron chi connectivity index (χ2n) is 7.11. The number of piperidine rings is 1. The zero-order valence-electron chi connectivity index (χ0n) is 15.0. The van der Waals surface area contributed by atoms with Crippen LogP contribution in [0.3, 0.4) is 0 Å². The van der Waals surface area contributed by atoms with E-state index in [2.05, 4.69) is 52.7 Å². The fraction of sp³-hybridized carbons (Fsp3) is 0.409. The Balaban J connectivity index is 1.40. The van der Waals surface area contributed by atoms with Gasteiger partial charge in [0.05, 0.1) is 12.6 Å². The van der Waals surface area contributed by atoms with E-state index in [1.807, 2.05) is 25.1 Å². The molecule has 0 aliphatic carbocycles. The van der Waals surface area contributed by atoms with Gasteiger partial charge in [0.2, 0.25) is 5.91 Å². The zero-order valence-corrected chi connectivity index (χ0v) is 15.0. The third-order valence-corrected chi connectivity index (χ3v) is 5.12. The number of carbonyl (C=O) groups is 1. The van der Waals surface area contributed by atoms with Crippen LogP contribution in [0.1, 0.15) is 36.9 Å². The van der Waals surface area contributed by atoms with E-state index >= 15 is 0 Å². The average Bonchev–Trinajstić information content (AvgIpc) is 2.65.